The van der Waals surface area contributed by atoms with Gasteiger partial charge in [0.25, 0.3) is 0 Å². The molecule has 1 atom stereocenters. The van der Waals surface area contributed by atoms with Gasteiger partial charge in [-0.25, -0.2) is 0 Å². The molecule has 0 spiro atoms. The van der Waals surface area contributed by atoms with Crippen LogP contribution < -0.4 is 21.5 Å². The number of nitrogens with one attached hydrogen (secondary N) is 1. The van der Waals surface area contributed by atoms with Crippen LogP contribution in [0.15, 0.2) is 24.3 Å². The Morgan fingerprint density at radius 1 is 1.33 bits per heavy atom. The average molecular weight is 251 g/mol. The smallest absolute Gasteiger partial charge is 0.241 e. The van der Waals surface area contributed by atoms with Crippen molar-refractivity contribution in [2.24, 2.45) is 11.5 Å². The van der Waals surface area contributed by atoms with Crippen molar-refractivity contribution >= 4 is 17.5 Å². The van der Waals surface area contributed by atoms with Crippen LogP contribution in [0.1, 0.15) is 12.8 Å². The number of amides is 2. The van der Waals surface area contributed by atoms with Crippen molar-refractivity contribution in [1.29, 1.82) is 0 Å². The third-order valence-corrected chi connectivity index (χ3v) is 2.40. The van der Waals surface area contributed by atoms with Gasteiger partial charge >= 0.3 is 0 Å². The van der Waals surface area contributed by atoms with Gasteiger partial charge in [0.05, 0.1) is 13.2 Å². The third kappa shape index (κ3) is 4.42. The first-order chi connectivity index (χ1) is 8.52. The van der Waals surface area contributed by atoms with Crippen molar-refractivity contribution in [3.05, 3.63) is 24.3 Å². The number of anilines is 1. The summed E-state index contributed by atoms with van der Waals surface area (Å²) in [4.78, 5) is 22.2. The van der Waals surface area contributed by atoms with Gasteiger partial charge in [-0.1, -0.05) is 0 Å². The van der Waals surface area contributed by atoms with Gasteiger partial charge in [-0.3, -0.25) is 9.59 Å². The van der Waals surface area contributed by atoms with E-state index in [4.69, 9.17) is 16.2 Å². The van der Waals surface area contributed by atoms with Crippen LogP contribution in [0.4, 0.5) is 5.69 Å². The number of primary amides is 1. The summed E-state index contributed by atoms with van der Waals surface area (Å²) in [6.07, 6.45) is 0.328. The molecule has 98 valence electrons. The van der Waals surface area contributed by atoms with Gasteiger partial charge in [-0.05, 0) is 30.7 Å². The van der Waals surface area contributed by atoms with E-state index in [2.05, 4.69) is 5.32 Å². The Hall–Kier alpha value is -2.08. The predicted octanol–water partition coefficient (Wildman–Crippen LogP) is 0.227. The second-order valence-corrected chi connectivity index (χ2v) is 3.83. The second kappa shape index (κ2) is 6.61. The zero-order chi connectivity index (χ0) is 13.5. The number of nitrogens with two attached hydrogens (primary N) is 2. The minimum atomic E-state index is -0.750. The van der Waals surface area contributed by atoms with Gasteiger partial charge in [0.2, 0.25) is 11.8 Å². The van der Waals surface area contributed by atoms with E-state index >= 15 is 0 Å². The molecule has 1 aromatic rings. The number of carbonyl (C=O) groups excluding carboxylic acids is 2. The molecule has 1 rings (SSSR count). The highest BCUT2D eigenvalue weighted by Crippen LogP contribution is 2.15. The molecule has 0 unspecified atom stereocenters. The molecule has 0 bridgehead atoms. The van der Waals surface area contributed by atoms with Crippen molar-refractivity contribution in [1.82, 2.24) is 0 Å². The average Bonchev–Trinajstić information content (AvgIpc) is 2.36. The van der Waals surface area contributed by atoms with Gasteiger partial charge in [-0.15, -0.1) is 0 Å². The Morgan fingerprint density at radius 3 is 2.44 bits per heavy atom. The fraction of sp³-hybridized carbons (Fsp3) is 0.333. The van der Waals surface area contributed by atoms with Gasteiger partial charge in [0.15, 0.2) is 0 Å². The first-order valence-electron chi connectivity index (χ1n) is 5.51. The summed E-state index contributed by atoms with van der Waals surface area (Å²) in [6, 6.07) is 6.11. The lowest BCUT2D eigenvalue weighted by Crippen LogP contribution is -2.36. The molecule has 0 aliphatic carbocycles. The summed E-state index contributed by atoms with van der Waals surface area (Å²) >= 11 is 0. The number of benzene rings is 1. The van der Waals surface area contributed by atoms with E-state index in [-0.39, 0.29) is 18.7 Å². The Morgan fingerprint density at radius 2 is 1.94 bits per heavy atom. The van der Waals surface area contributed by atoms with Crippen LogP contribution >= 0.6 is 0 Å². The quantitative estimate of drug-likeness (QED) is 0.672. The molecule has 6 nitrogen and oxygen atoms in total. The van der Waals surface area contributed by atoms with Gasteiger partial charge in [0.1, 0.15) is 5.75 Å². The van der Waals surface area contributed by atoms with Crippen LogP contribution in [-0.2, 0) is 9.59 Å². The fourth-order valence-corrected chi connectivity index (χ4v) is 1.34. The molecule has 0 aliphatic heterocycles. The molecule has 6 heteroatoms. The van der Waals surface area contributed by atoms with E-state index in [9.17, 15) is 9.59 Å². The molecule has 0 saturated heterocycles. The Balaban J connectivity index is 2.49. The number of hydrogen-bond acceptors (Lipinski definition) is 4. The largest absolute Gasteiger partial charge is 0.497 e. The second-order valence-electron chi connectivity index (χ2n) is 3.83. The first-order valence-corrected chi connectivity index (χ1v) is 5.51. The molecule has 2 amide bonds. The highest BCUT2D eigenvalue weighted by molar-refractivity contribution is 5.95. The summed E-state index contributed by atoms with van der Waals surface area (Å²) in [5.74, 6) is -0.116. The predicted molar refractivity (Wildman–Crippen MR) is 68.0 cm³/mol. The molecule has 0 saturated carbocycles. The maximum absolute atomic E-state index is 11.7. The number of hydrogen-bond donors (Lipinski definition) is 3. The van der Waals surface area contributed by atoms with Crippen LogP contribution in [0.3, 0.4) is 0 Å². The lowest BCUT2D eigenvalue weighted by atomic mass is 10.1. The van der Waals surface area contributed by atoms with E-state index < -0.39 is 11.9 Å². The molecule has 0 aromatic heterocycles. The minimum Gasteiger partial charge on any atom is -0.497 e. The Kier molecular flexibility index (Phi) is 5.13. The summed E-state index contributed by atoms with van der Waals surface area (Å²) in [7, 11) is 1.56. The highest BCUT2D eigenvalue weighted by Gasteiger charge is 2.14. The number of rotatable bonds is 6. The van der Waals surface area contributed by atoms with Crippen molar-refractivity contribution in [2.45, 2.75) is 18.9 Å². The van der Waals surface area contributed by atoms with Crippen LogP contribution in [0, 0.1) is 0 Å². The highest BCUT2D eigenvalue weighted by atomic mass is 16.5. The number of methoxy groups -OCH3 is 1. The molecule has 0 radical (unpaired) electrons. The van der Waals surface area contributed by atoms with Crippen LogP contribution in [0.2, 0.25) is 0 Å². The van der Waals surface area contributed by atoms with Crippen LogP contribution in [0.25, 0.3) is 0 Å². The molecule has 18 heavy (non-hydrogen) atoms. The number of ether oxygens (including phenoxy) is 1. The third-order valence-electron chi connectivity index (χ3n) is 2.40. The maximum atomic E-state index is 11.7. The normalized spacial score (nSPS) is 11.7. The first kappa shape index (κ1) is 14.0. The van der Waals surface area contributed by atoms with Crippen molar-refractivity contribution < 1.29 is 14.3 Å². The molecule has 5 N–H and O–H groups in total. The molecule has 0 aliphatic rings. The van der Waals surface area contributed by atoms with Crippen LogP contribution in [-0.4, -0.2) is 25.0 Å². The van der Waals surface area contributed by atoms with E-state index in [1.807, 2.05) is 0 Å². The Labute approximate surface area is 105 Å². The summed E-state index contributed by atoms with van der Waals surface area (Å²) in [5, 5.41) is 2.65. The van der Waals surface area contributed by atoms with Gasteiger partial charge in [0, 0.05) is 12.1 Å². The molecule has 0 fully saturated rings. The minimum absolute atomic E-state index is 0.0944. The maximum Gasteiger partial charge on any atom is 0.241 e. The zero-order valence-corrected chi connectivity index (χ0v) is 10.2. The van der Waals surface area contributed by atoms with Crippen LogP contribution in [0.5, 0.6) is 5.75 Å². The van der Waals surface area contributed by atoms with E-state index in [1.54, 1.807) is 31.4 Å². The number of carbonyl (C=O) groups is 2. The van der Waals surface area contributed by atoms with Gasteiger partial charge in [-0.2, -0.15) is 0 Å². The summed E-state index contributed by atoms with van der Waals surface area (Å²) in [6.45, 7) is 0. The standard InChI is InChI=1S/C12H17N3O3/c1-18-9-4-2-8(3-5-9)15-12(17)10(13)6-7-11(14)16/h2-5,10H,6-7,13H2,1H3,(H2,14,16)(H,15,17)/t10-/m0/s1. The molecule has 0 heterocycles. The topological polar surface area (TPSA) is 107 Å². The van der Waals surface area contributed by atoms with Crippen molar-refractivity contribution in [3.63, 3.8) is 0 Å². The SMILES string of the molecule is COc1ccc(NC(=O)[C@@H](N)CCC(N)=O)cc1. The molecular weight excluding hydrogens is 234 g/mol. The summed E-state index contributed by atoms with van der Waals surface area (Å²) < 4.78 is 5.00. The van der Waals surface area contributed by atoms with Crippen molar-refractivity contribution in [2.75, 3.05) is 12.4 Å². The lowest BCUT2D eigenvalue weighted by molar-refractivity contribution is -0.119. The molecular formula is C12H17N3O3. The Bertz CT molecular complexity index is 417. The lowest BCUT2D eigenvalue weighted by Gasteiger charge is -2.11. The van der Waals surface area contributed by atoms with Gasteiger partial charge < -0.3 is 21.5 Å². The van der Waals surface area contributed by atoms with E-state index in [0.717, 1.165) is 0 Å². The van der Waals surface area contributed by atoms with E-state index in [0.29, 0.717) is 11.4 Å². The van der Waals surface area contributed by atoms with Crippen molar-refractivity contribution in [3.8, 4) is 5.75 Å². The monoisotopic (exact) mass is 251 g/mol. The van der Waals surface area contributed by atoms with E-state index in [1.165, 1.54) is 0 Å². The fourth-order valence-electron chi connectivity index (χ4n) is 1.34. The summed E-state index contributed by atoms with van der Waals surface area (Å²) in [5.41, 5.74) is 11.2. The molecule has 1 aromatic carbocycles. The zero-order valence-electron chi connectivity index (χ0n) is 10.2.